The summed E-state index contributed by atoms with van der Waals surface area (Å²) in [5, 5.41) is 0. The van der Waals surface area contributed by atoms with Crippen LogP contribution in [0.15, 0.2) is 22.9 Å². The molecule has 0 bridgehead atoms. The van der Waals surface area contributed by atoms with Crippen LogP contribution in [0.1, 0.15) is 26.2 Å². The van der Waals surface area contributed by atoms with Crippen LogP contribution >= 0.6 is 15.9 Å². The number of nitrogens with zero attached hydrogens (tertiary/aromatic N) is 2. The van der Waals surface area contributed by atoms with E-state index in [2.05, 4.69) is 45.9 Å². The zero-order chi connectivity index (χ0) is 10.8. The van der Waals surface area contributed by atoms with Gasteiger partial charge in [-0.15, -0.1) is 0 Å². The van der Waals surface area contributed by atoms with Gasteiger partial charge in [-0.3, -0.25) is 4.98 Å². The summed E-state index contributed by atoms with van der Waals surface area (Å²) in [5.41, 5.74) is 1.20. The molecule has 0 spiro atoms. The van der Waals surface area contributed by atoms with Crippen LogP contribution in [-0.2, 0) is 0 Å². The second-order valence-corrected chi connectivity index (χ2v) is 5.32. The molecule has 1 unspecified atom stereocenters. The number of hydrogen-bond donors (Lipinski definition) is 0. The average Bonchev–Trinajstić information content (AvgIpc) is 2.14. The monoisotopic (exact) mass is 268 g/mol. The van der Waals surface area contributed by atoms with Gasteiger partial charge in [0.2, 0.25) is 0 Å². The van der Waals surface area contributed by atoms with Crippen LogP contribution in [0.2, 0.25) is 0 Å². The molecule has 1 aliphatic rings. The van der Waals surface area contributed by atoms with Gasteiger partial charge in [0.25, 0.3) is 0 Å². The molecule has 1 aliphatic carbocycles. The first-order chi connectivity index (χ1) is 7.18. The molecule has 3 heteroatoms. The van der Waals surface area contributed by atoms with Crippen molar-refractivity contribution in [3.05, 3.63) is 22.9 Å². The molecule has 2 nitrogen and oxygen atoms in total. The van der Waals surface area contributed by atoms with Crippen LogP contribution in [0.3, 0.4) is 0 Å². The van der Waals surface area contributed by atoms with E-state index < -0.39 is 0 Å². The Balaban J connectivity index is 2.08. The molecule has 1 saturated carbocycles. The molecule has 0 amide bonds. The van der Waals surface area contributed by atoms with Gasteiger partial charge in [0, 0.05) is 23.8 Å². The van der Waals surface area contributed by atoms with Crippen molar-refractivity contribution in [1.82, 2.24) is 4.98 Å². The van der Waals surface area contributed by atoms with Gasteiger partial charge in [-0.1, -0.05) is 6.42 Å². The van der Waals surface area contributed by atoms with Crippen molar-refractivity contribution in [2.45, 2.75) is 32.2 Å². The number of rotatable bonds is 3. The molecule has 82 valence electrons. The quantitative estimate of drug-likeness (QED) is 0.835. The van der Waals surface area contributed by atoms with Crippen molar-refractivity contribution in [3.8, 4) is 0 Å². The van der Waals surface area contributed by atoms with Gasteiger partial charge < -0.3 is 4.90 Å². The second kappa shape index (κ2) is 4.52. The van der Waals surface area contributed by atoms with E-state index in [9.17, 15) is 0 Å². The lowest BCUT2D eigenvalue weighted by molar-refractivity contribution is 0.267. The highest BCUT2D eigenvalue weighted by atomic mass is 79.9. The molecule has 1 fully saturated rings. The average molecular weight is 269 g/mol. The molecule has 2 rings (SSSR count). The third-order valence-electron chi connectivity index (χ3n) is 3.54. The Labute approximate surface area is 99.8 Å². The van der Waals surface area contributed by atoms with Crippen LogP contribution in [-0.4, -0.2) is 18.1 Å². The third kappa shape index (κ3) is 2.33. The molecule has 1 atom stereocenters. The largest absolute Gasteiger partial charge is 0.370 e. The predicted molar refractivity (Wildman–Crippen MR) is 67.1 cm³/mol. The van der Waals surface area contributed by atoms with Crippen molar-refractivity contribution < 1.29 is 0 Å². The summed E-state index contributed by atoms with van der Waals surface area (Å²) in [6, 6.07) is 2.75. The lowest BCUT2D eigenvalue weighted by Crippen LogP contribution is -2.38. The number of halogens is 1. The van der Waals surface area contributed by atoms with Crippen LogP contribution < -0.4 is 4.90 Å². The summed E-state index contributed by atoms with van der Waals surface area (Å²) in [6.45, 7) is 2.31. The SMILES string of the molecule is CC(C1CCC1)N(C)c1cncc(Br)c1. The standard InChI is InChI=1S/C12H17BrN2/c1-9(10-4-3-5-10)15(2)12-6-11(13)7-14-8-12/h6-10H,3-5H2,1-2H3. The van der Waals surface area contributed by atoms with E-state index in [-0.39, 0.29) is 0 Å². The first kappa shape index (κ1) is 10.9. The summed E-state index contributed by atoms with van der Waals surface area (Å²) >= 11 is 3.46. The zero-order valence-corrected chi connectivity index (χ0v) is 10.9. The van der Waals surface area contributed by atoms with Gasteiger partial charge in [-0.2, -0.15) is 0 Å². The van der Waals surface area contributed by atoms with Gasteiger partial charge in [-0.05, 0) is 47.7 Å². The summed E-state index contributed by atoms with van der Waals surface area (Å²) < 4.78 is 1.05. The number of anilines is 1. The second-order valence-electron chi connectivity index (χ2n) is 4.40. The molecule has 0 aliphatic heterocycles. The fourth-order valence-electron chi connectivity index (χ4n) is 2.07. The Morgan fingerprint density at radius 1 is 1.47 bits per heavy atom. The van der Waals surface area contributed by atoms with Crippen LogP contribution in [0.4, 0.5) is 5.69 Å². The van der Waals surface area contributed by atoms with E-state index in [0.29, 0.717) is 6.04 Å². The smallest absolute Gasteiger partial charge is 0.0563 e. The van der Waals surface area contributed by atoms with Gasteiger partial charge in [0.1, 0.15) is 0 Å². The van der Waals surface area contributed by atoms with E-state index in [0.717, 1.165) is 10.4 Å². The van der Waals surface area contributed by atoms with Crippen molar-refractivity contribution in [1.29, 1.82) is 0 Å². The maximum absolute atomic E-state index is 4.20. The molecule has 0 N–H and O–H groups in total. The minimum Gasteiger partial charge on any atom is -0.370 e. The number of aromatic nitrogens is 1. The van der Waals surface area contributed by atoms with Gasteiger partial charge in [0.05, 0.1) is 11.9 Å². The zero-order valence-electron chi connectivity index (χ0n) is 9.28. The lowest BCUT2D eigenvalue weighted by Gasteiger charge is -2.38. The summed E-state index contributed by atoms with van der Waals surface area (Å²) in [6.07, 6.45) is 7.92. The Kier molecular flexibility index (Phi) is 3.29. The predicted octanol–water partition coefficient (Wildman–Crippen LogP) is 3.47. The van der Waals surface area contributed by atoms with Gasteiger partial charge in [0.15, 0.2) is 0 Å². The lowest BCUT2D eigenvalue weighted by atomic mass is 9.80. The molecule has 15 heavy (non-hydrogen) atoms. The topological polar surface area (TPSA) is 16.1 Å². The highest BCUT2D eigenvalue weighted by Crippen LogP contribution is 2.33. The Hall–Kier alpha value is -0.570. The molecule has 1 aromatic rings. The molecule has 0 aromatic carbocycles. The van der Waals surface area contributed by atoms with E-state index in [4.69, 9.17) is 0 Å². The van der Waals surface area contributed by atoms with Crippen LogP contribution in [0.25, 0.3) is 0 Å². The molecular formula is C12H17BrN2. The Morgan fingerprint density at radius 2 is 2.20 bits per heavy atom. The van der Waals surface area contributed by atoms with E-state index in [1.54, 1.807) is 0 Å². The minimum absolute atomic E-state index is 0.620. The molecule has 1 heterocycles. The number of pyridine rings is 1. The summed E-state index contributed by atoms with van der Waals surface area (Å²) in [5.74, 6) is 0.869. The fourth-order valence-corrected chi connectivity index (χ4v) is 2.42. The highest BCUT2D eigenvalue weighted by molar-refractivity contribution is 9.10. The third-order valence-corrected chi connectivity index (χ3v) is 3.97. The van der Waals surface area contributed by atoms with E-state index >= 15 is 0 Å². The van der Waals surface area contributed by atoms with E-state index in [1.165, 1.54) is 24.9 Å². The summed E-state index contributed by atoms with van der Waals surface area (Å²) in [4.78, 5) is 6.54. The fraction of sp³-hybridized carbons (Fsp3) is 0.583. The van der Waals surface area contributed by atoms with Crippen molar-refractivity contribution in [2.24, 2.45) is 5.92 Å². The van der Waals surface area contributed by atoms with Crippen molar-refractivity contribution in [2.75, 3.05) is 11.9 Å². The van der Waals surface area contributed by atoms with E-state index in [1.807, 2.05) is 12.4 Å². The minimum atomic E-state index is 0.620. The van der Waals surface area contributed by atoms with Crippen LogP contribution in [0, 0.1) is 5.92 Å². The molecular weight excluding hydrogens is 252 g/mol. The van der Waals surface area contributed by atoms with Gasteiger partial charge >= 0.3 is 0 Å². The Morgan fingerprint density at radius 3 is 2.73 bits per heavy atom. The maximum Gasteiger partial charge on any atom is 0.0563 e. The van der Waals surface area contributed by atoms with Gasteiger partial charge in [-0.25, -0.2) is 0 Å². The number of hydrogen-bond acceptors (Lipinski definition) is 2. The Bertz CT molecular complexity index is 336. The first-order valence-electron chi connectivity index (χ1n) is 5.52. The van der Waals surface area contributed by atoms with Crippen molar-refractivity contribution >= 4 is 21.6 Å². The molecule has 1 aromatic heterocycles. The molecule has 0 radical (unpaired) electrons. The highest BCUT2D eigenvalue weighted by Gasteiger charge is 2.26. The summed E-state index contributed by atoms with van der Waals surface area (Å²) in [7, 11) is 2.16. The van der Waals surface area contributed by atoms with Crippen molar-refractivity contribution in [3.63, 3.8) is 0 Å². The normalized spacial score (nSPS) is 18.3. The van der Waals surface area contributed by atoms with Crippen LogP contribution in [0.5, 0.6) is 0 Å². The maximum atomic E-state index is 4.20. The molecule has 0 saturated heterocycles. The first-order valence-corrected chi connectivity index (χ1v) is 6.31.